The van der Waals surface area contributed by atoms with E-state index in [1.165, 1.54) is 27.4 Å². The molecule has 0 radical (unpaired) electrons. The van der Waals surface area contributed by atoms with Gasteiger partial charge in [0.2, 0.25) is 0 Å². The molecule has 0 spiro atoms. The molecule has 13 nitrogen and oxygen atoms in total. The van der Waals surface area contributed by atoms with E-state index >= 15 is 0 Å². The van der Waals surface area contributed by atoms with Gasteiger partial charge in [-0.1, -0.05) is 0 Å². The molecule has 0 unspecified atom stereocenters. The summed E-state index contributed by atoms with van der Waals surface area (Å²) in [6.45, 7) is 2.65. The third-order valence-electron chi connectivity index (χ3n) is 6.98. The summed E-state index contributed by atoms with van der Waals surface area (Å²) in [5, 5.41) is 12.0. The Labute approximate surface area is 260 Å². The zero-order valence-corrected chi connectivity index (χ0v) is 27.1. The number of ether oxygens (including phenoxy) is 7. The Morgan fingerprint density at radius 3 is 2.20 bits per heavy atom. The minimum absolute atomic E-state index is 0.0267. The van der Waals surface area contributed by atoms with Gasteiger partial charge >= 0.3 is 261 Å². The Morgan fingerprint density at radius 1 is 0.977 bits per heavy atom. The van der Waals surface area contributed by atoms with E-state index in [9.17, 15) is 18.5 Å². The number of methoxy groups -OCH3 is 3. The van der Waals surface area contributed by atoms with Gasteiger partial charge in [-0.3, -0.25) is 0 Å². The van der Waals surface area contributed by atoms with E-state index in [4.69, 9.17) is 37.3 Å². The molecule has 2 heterocycles. The predicted octanol–water partition coefficient (Wildman–Crippen LogP) is 3.51. The predicted molar refractivity (Wildman–Crippen MR) is 158 cm³/mol. The fourth-order valence-electron chi connectivity index (χ4n) is 4.91. The summed E-state index contributed by atoms with van der Waals surface area (Å²) in [5.41, 5.74) is 1.21. The van der Waals surface area contributed by atoms with Crippen LogP contribution in [0, 0.1) is 10.1 Å². The monoisotopic (exact) mass is 697 g/mol. The summed E-state index contributed by atoms with van der Waals surface area (Å²) >= 11 is -0.410. The van der Waals surface area contributed by atoms with Gasteiger partial charge in [0, 0.05) is 0 Å². The van der Waals surface area contributed by atoms with Crippen LogP contribution in [0.15, 0.2) is 48.5 Å². The molecule has 2 atom stereocenters. The Bertz CT molecular complexity index is 1630. The molecule has 5 rings (SSSR count). The van der Waals surface area contributed by atoms with Crippen LogP contribution in [0.1, 0.15) is 24.2 Å². The minimum atomic E-state index is -3.91. The van der Waals surface area contributed by atoms with Crippen molar-refractivity contribution in [2.24, 2.45) is 0 Å². The van der Waals surface area contributed by atoms with Crippen LogP contribution in [-0.2, 0) is 25.4 Å². The number of nitrogens with zero attached hydrogens (tertiary/aromatic N) is 1. The van der Waals surface area contributed by atoms with Crippen molar-refractivity contribution in [3.63, 3.8) is 0 Å². The summed E-state index contributed by atoms with van der Waals surface area (Å²) < 4.78 is 71.3. The molecule has 0 N–H and O–H groups in total. The van der Waals surface area contributed by atoms with E-state index < -0.39 is 48.0 Å². The van der Waals surface area contributed by atoms with Crippen molar-refractivity contribution in [1.29, 1.82) is 0 Å². The molecule has 2 aliphatic rings. The Hall–Kier alpha value is -3.75. The molecule has 1 saturated heterocycles. The van der Waals surface area contributed by atoms with Gasteiger partial charge in [0.15, 0.2) is 0 Å². The van der Waals surface area contributed by atoms with Gasteiger partial charge in [0.05, 0.1) is 0 Å². The quantitative estimate of drug-likeness (QED) is 0.125. The van der Waals surface area contributed by atoms with Crippen LogP contribution >= 0.6 is 0 Å². The zero-order chi connectivity index (χ0) is 31.6. The van der Waals surface area contributed by atoms with E-state index in [0.29, 0.717) is 51.4 Å². The standard InChI is InChI=1S/C29H31NO12SSe/c1-29(38-10-11-39-29)18-14-22(37-4)27-23(15-18)40-26(24(41-27)16-44-25-9-7-6-8-19(25)30(31)32)17-12-20(35-2)28(21(13-17)36-3)42-43(5,33)34/h6-9,12-15,24,26H,10-11,16H2,1-5H3/t24-,26-/m0/s1. The maximum atomic E-state index is 12.0. The number of hydrogen-bond donors (Lipinski definition) is 0. The second-order valence-corrected chi connectivity index (χ2v) is 13.7. The van der Waals surface area contributed by atoms with Crippen LogP contribution in [0.4, 0.5) is 5.69 Å². The molecule has 44 heavy (non-hydrogen) atoms. The van der Waals surface area contributed by atoms with Crippen molar-refractivity contribution in [3.05, 3.63) is 69.8 Å². The summed E-state index contributed by atoms with van der Waals surface area (Å²) in [6.07, 6.45) is -0.535. The average molecular weight is 697 g/mol. The first-order valence-electron chi connectivity index (χ1n) is 13.3. The summed E-state index contributed by atoms with van der Waals surface area (Å²) in [7, 11) is 0.338. The van der Waals surface area contributed by atoms with Crippen molar-refractivity contribution < 1.29 is 50.7 Å². The van der Waals surface area contributed by atoms with Gasteiger partial charge in [-0.25, -0.2) is 0 Å². The van der Waals surface area contributed by atoms with E-state index in [-0.39, 0.29) is 22.9 Å². The SMILES string of the molecule is COc1cc(C2(C)OCCO2)cc2c1O[C@@H](C[Se]c1ccccc1[N+](=O)[O-])[C@H](c1cc(OC)c(OS(C)(=O)=O)c(OC)c1)O2. The van der Waals surface area contributed by atoms with Crippen molar-refractivity contribution in [2.75, 3.05) is 40.8 Å². The molecule has 0 aromatic heterocycles. The van der Waals surface area contributed by atoms with Crippen molar-refractivity contribution in [3.8, 4) is 34.5 Å². The zero-order valence-electron chi connectivity index (χ0n) is 24.6. The third kappa shape index (κ3) is 6.52. The van der Waals surface area contributed by atoms with Crippen LogP contribution in [0.3, 0.4) is 0 Å². The fraction of sp³-hybridized carbons (Fsp3) is 0.379. The second kappa shape index (κ2) is 12.7. The van der Waals surface area contributed by atoms with Crippen molar-refractivity contribution in [2.45, 2.75) is 30.2 Å². The van der Waals surface area contributed by atoms with Gasteiger partial charge in [-0.05, 0) is 0 Å². The molecule has 0 bridgehead atoms. The first-order chi connectivity index (χ1) is 21.0. The molecule has 15 heteroatoms. The van der Waals surface area contributed by atoms with Gasteiger partial charge in [0.25, 0.3) is 0 Å². The molecule has 2 aliphatic heterocycles. The molecule has 3 aromatic carbocycles. The van der Waals surface area contributed by atoms with Gasteiger partial charge in [0.1, 0.15) is 0 Å². The molecule has 0 aliphatic carbocycles. The van der Waals surface area contributed by atoms with Crippen molar-refractivity contribution in [1.82, 2.24) is 0 Å². The number of nitro groups is 1. The Kier molecular flexibility index (Phi) is 9.14. The summed E-state index contributed by atoms with van der Waals surface area (Å²) in [4.78, 5) is 11.3. The number of para-hydroxylation sites is 1. The first kappa shape index (κ1) is 31.7. The Morgan fingerprint density at radius 2 is 1.61 bits per heavy atom. The van der Waals surface area contributed by atoms with Crippen molar-refractivity contribution >= 4 is 35.2 Å². The molecule has 236 valence electrons. The average Bonchev–Trinajstić information content (AvgIpc) is 3.45. The summed E-state index contributed by atoms with van der Waals surface area (Å²) in [5.74, 6) is 0.146. The molecule has 3 aromatic rings. The second-order valence-electron chi connectivity index (χ2n) is 9.92. The number of fused-ring (bicyclic) bond motifs is 1. The molecule has 1 fully saturated rings. The maximum absolute atomic E-state index is 12.0. The van der Waals surface area contributed by atoms with Gasteiger partial charge < -0.3 is 0 Å². The van der Waals surface area contributed by atoms with E-state index in [1.54, 1.807) is 49.4 Å². The van der Waals surface area contributed by atoms with E-state index in [1.807, 2.05) is 0 Å². The van der Waals surface area contributed by atoms with Gasteiger partial charge in [-0.15, -0.1) is 0 Å². The number of benzene rings is 3. The molecule has 0 amide bonds. The van der Waals surface area contributed by atoms with Gasteiger partial charge in [-0.2, -0.15) is 0 Å². The first-order valence-corrected chi connectivity index (χ1v) is 17.2. The fourth-order valence-corrected chi connectivity index (χ4v) is 7.58. The van der Waals surface area contributed by atoms with Crippen LogP contribution < -0.4 is 32.3 Å². The van der Waals surface area contributed by atoms with Crippen LogP contribution in [0.5, 0.6) is 34.5 Å². The topological polar surface area (TPSA) is 151 Å². The number of nitro benzene ring substituents is 1. The number of rotatable bonds is 11. The van der Waals surface area contributed by atoms with E-state index in [0.717, 1.165) is 6.26 Å². The van der Waals surface area contributed by atoms with Crippen LogP contribution in [0.2, 0.25) is 5.32 Å². The molecule has 0 saturated carbocycles. The number of hydrogen-bond acceptors (Lipinski definition) is 12. The Balaban J connectivity index is 1.60. The van der Waals surface area contributed by atoms with E-state index in [2.05, 4.69) is 0 Å². The molecular weight excluding hydrogens is 665 g/mol. The normalized spacial score (nSPS) is 18.8. The van der Waals surface area contributed by atoms with Crippen LogP contribution in [-0.4, -0.2) is 75.2 Å². The summed E-state index contributed by atoms with van der Waals surface area (Å²) in [6, 6.07) is 13.3. The molecular formula is C29H31NO12SSe. The third-order valence-corrected chi connectivity index (χ3v) is 9.86. The van der Waals surface area contributed by atoms with Crippen LogP contribution in [0.25, 0.3) is 0 Å².